The maximum Gasteiger partial charge on any atom is 0.326 e. The van der Waals surface area contributed by atoms with Gasteiger partial charge in [0.25, 0.3) is 6.47 Å². The minimum absolute atomic E-state index is 0.188. The number of aliphatic carboxylic acids is 2. The molecular weight excluding hydrogens is 528 g/mol. The number of hydrogen-bond donors (Lipinski definition) is 5. The van der Waals surface area contributed by atoms with Gasteiger partial charge in [-0.25, -0.2) is 9.59 Å². The molecule has 0 bridgehead atoms. The van der Waals surface area contributed by atoms with Gasteiger partial charge in [-0.3, -0.25) is 14.3 Å². The van der Waals surface area contributed by atoms with Crippen LogP contribution in [0, 0.1) is 0 Å². The van der Waals surface area contributed by atoms with Crippen LogP contribution in [0.5, 0.6) is 0 Å². The van der Waals surface area contributed by atoms with E-state index in [1.807, 2.05) is 0 Å². The second-order valence-corrected chi connectivity index (χ2v) is 9.58. The highest BCUT2D eigenvalue weighted by atomic mass is 16.5. The van der Waals surface area contributed by atoms with Crippen molar-refractivity contribution in [1.82, 2.24) is 30.9 Å². The lowest BCUT2D eigenvalue weighted by atomic mass is 9.96. The Labute approximate surface area is 233 Å². The van der Waals surface area contributed by atoms with Crippen molar-refractivity contribution in [3.63, 3.8) is 0 Å². The Morgan fingerprint density at radius 2 is 1.82 bits per heavy atom. The Balaban J connectivity index is 1.55. The first-order valence-electron chi connectivity index (χ1n) is 13.8. The SMILES string of the molecule is O=CO[C@H](CCCCn1cc(COCCOCCNC2CCCCC2)nn1)NC(=O)N[C@@H](CCC(=O)O)C(=O)O. The molecule has 2 amide bonds. The first-order valence-corrected chi connectivity index (χ1v) is 13.8. The van der Waals surface area contributed by atoms with Crippen molar-refractivity contribution in [2.45, 2.75) is 95.7 Å². The summed E-state index contributed by atoms with van der Waals surface area (Å²) in [6.07, 6.45) is 8.05. The van der Waals surface area contributed by atoms with Gasteiger partial charge in [0.1, 0.15) is 11.7 Å². The van der Waals surface area contributed by atoms with Gasteiger partial charge < -0.3 is 40.4 Å². The number of amides is 2. The van der Waals surface area contributed by atoms with E-state index in [2.05, 4.69) is 26.3 Å². The van der Waals surface area contributed by atoms with Gasteiger partial charge in [0, 0.05) is 32.0 Å². The zero-order valence-electron chi connectivity index (χ0n) is 22.8. The van der Waals surface area contributed by atoms with E-state index in [0.29, 0.717) is 57.5 Å². The summed E-state index contributed by atoms with van der Waals surface area (Å²) in [5.74, 6) is -2.55. The smallest absolute Gasteiger partial charge is 0.326 e. The van der Waals surface area contributed by atoms with Gasteiger partial charge in [-0.2, -0.15) is 0 Å². The molecule has 1 aliphatic carbocycles. The van der Waals surface area contributed by atoms with Gasteiger partial charge in [-0.05, 0) is 32.1 Å². The summed E-state index contributed by atoms with van der Waals surface area (Å²) in [6, 6.07) is -1.64. The molecule has 15 heteroatoms. The average Bonchev–Trinajstić information content (AvgIpc) is 3.38. The van der Waals surface area contributed by atoms with E-state index in [0.717, 1.165) is 6.54 Å². The summed E-state index contributed by atoms with van der Waals surface area (Å²) in [4.78, 5) is 44.8. The summed E-state index contributed by atoms with van der Waals surface area (Å²) in [5, 5.41) is 34.1. The third kappa shape index (κ3) is 14.7. The van der Waals surface area contributed by atoms with Crippen molar-refractivity contribution < 1.29 is 43.6 Å². The molecule has 0 spiro atoms. The standard InChI is InChI=1S/C25H42N6O9/c32-18-40-22(28-25(37)27-21(24(35)36)9-10-23(33)34)8-4-5-12-31-16-20(29-30-31)17-39-15-14-38-13-11-26-19-6-2-1-3-7-19/h16,18-19,21-22,26H,1-15,17H2,(H,33,34)(H,35,36)(H2,27,28,37)/t21-,22+/m0/s1. The van der Waals surface area contributed by atoms with Crippen molar-refractivity contribution >= 4 is 24.4 Å². The van der Waals surface area contributed by atoms with E-state index in [4.69, 9.17) is 24.4 Å². The fourth-order valence-electron chi connectivity index (χ4n) is 4.27. The molecule has 0 saturated heterocycles. The topological polar surface area (TPSA) is 203 Å². The molecule has 0 radical (unpaired) electrons. The minimum Gasteiger partial charge on any atom is -0.481 e. The summed E-state index contributed by atoms with van der Waals surface area (Å²) in [6.45, 7) is 3.53. The molecule has 2 atom stereocenters. The highest BCUT2D eigenvalue weighted by Crippen LogP contribution is 2.17. The third-order valence-corrected chi connectivity index (χ3v) is 6.36. The maximum atomic E-state index is 12.1. The summed E-state index contributed by atoms with van der Waals surface area (Å²) < 4.78 is 17.7. The van der Waals surface area contributed by atoms with E-state index >= 15 is 0 Å². The van der Waals surface area contributed by atoms with Crippen molar-refractivity contribution in [2.24, 2.45) is 0 Å². The first-order chi connectivity index (χ1) is 19.4. The predicted octanol–water partition coefficient (Wildman–Crippen LogP) is 1.02. The highest BCUT2D eigenvalue weighted by molar-refractivity contribution is 5.83. The largest absolute Gasteiger partial charge is 0.481 e. The number of rotatable bonds is 22. The number of urea groups is 1. The number of carboxylic acids is 2. The number of ether oxygens (including phenoxy) is 3. The van der Waals surface area contributed by atoms with E-state index in [9.17, 15) is 19.2 Å². The first kappa shape index (κ1) is 32.9. The van der Waals surface area contributed by atoms with Crippen LogP contribution < -0.4 is 16.0 Å². The molecule has 1 aliphatic rings. The Morgan fingerprint density at radius 3 is 2.55 bits per heavy atom. The average molecular weight is 571 g/mol. The molecule has 1 aromatic heterocycles. The number of unbranched alkanes of at least 4 members (excludes halogenated alkanes) is 1. The molecule has 1 heterocycles. The number of carboxylic acid groups (broad SMARTS) is 2. The van der Waals surface area contributed by atoms with E-state index in [-0.39, 0.29) is 19.3 Å². The van der Waals surface area contributed by atoms with Crippen LogP contribution >= 0.6 is 0 Å². The summed E-state index contributed by atoms with van der Waals surface area (Å²) in [7, 11) is 0. The lowest BCUT2D eigenvalue weighted by Crippen LogP contribution is -2.49. The van der Waals surface area contributed by atoms with Crippen LogP contribution in [0.25, 0.3) is 0 Å². The normalized spacial score (nSPS) is 15.2. The minimum atomic E-state index is -1.39. The third-order valence-electron chi connectivity index (χ3n) is 6.36. The number of carbonyl (C=O) groups is 4. The fourth-order valence-corrected chi connectivity index (χ4v) is 4.27. The fraction of sp³-hybridized carbons (Fsp3) is 0.760. The Morgan fingerprint density at radius 1 is 1.05 bits per heavy atom. The van der Waals surface area contributed by atoms with Crippen LogP contribution in [0.4, 0.5) is 4.79 Å². The summed E-state index contributed by atoms with van der Waals surface area (Å²) in [5.41, 5.74) is 0.690. The van der Waals surface area contributed by atoms with Crippen LogP contribution in [0.3, 0.4) is 0 Å². The molecule has 15 nitrogen and oxygen atoms in total. The molecule has 5 N–H and O–H groups in total. The Kier molecular flexibility index (Phi) is 16.2. The molecular formula is C25H42N6O9. The lowest BCUT2D eigenvalue weighted by molar-refractivity contribution is -0.141. The molecule has 2 rings (SSSR count). The maximum absolute atomic E-state index is 12.1. The highest BCUT2D eigenvalue weighted by Gasteiger charge is 2.22. The second kappa shape index (κ2) is 19.7. The molecule has 40 heavy (non-hydrogen) atoms. The van der Waals surface area contributed by atoms with Crippen LogP contribution in [0.15, 0.2) is 6.20 Å². The molecule has 0 aromatic carbocycles. The lowest BCUT2D eigenvalue weighted by Gasteiger charge is -2.22. The van der Waals surface area contributed by atoms with Gasteiger partial charge in [0.05, 0.1) is 32.6 Å². The van der Waals surface area contributed by atoms with Crippen molar-refractivity contribution in [1.29, 1.82) is 0 Å². The number of aryl methyl sites for hydroxylation is 1. The molecule has 0 unspecified atom stereocenters. The Hall–Kier alpha value is -3.30. The van der Waals surface area contributed by atoms with Crippen LogP contribution in [0.1, 0.15) is 69.9 Å². The van der Waals surface area contributed by atoms with Crippen molar-refractivity contribution in [2.75, 3.05) is 26.4 Å². The second-order valence-electron chi connectivity index (χ2n) is 9.58. The molecule has 0 aliphatic heterocycles. The number of nitrogens with zero attached hydrogens (tertiary/aromatic N) is 3. The number of aromatic nitrogens is 3. The number of nitrogens with one attached hydrogen (secondary N) is 3. The monoisotopic (exact) mass is 570 g/mol. The molecule has 226 valence electrons. The zero-order chi connectivity index (χ0) is 29.0. The number of carbonyl (C=O) groups excluding carboxylic acids is 2. The molecule has 1 fully saturated rings. The van der Waals surface area contributed by atoms with Gasteiger partial charge in [-0.1, -0.05) is 24.5 Å². The van der Waals surface area contributed by atoms with Gasteiger partial charge in [0.15, 0.2) is 6.23 Å². The van der Waals surface area contributed by atoms with E-state index in [1.165, 1.54) is 32.1 Å². The van der Waals surface area contributed by atoms with Crippen LogP contribution in [-0.2, 0) is 41.7 Å². The predicted molar refractivity (Wildman–Crippen MR) is 140 cm³/mol. The van der Waals surface area contributed by atoms with Gasteiger partial charge in [-0.15, -0.1) is 5.10 Å². The van der Waals surface area contributed by atoms with Crippen LogP contribution in [0.2, 0.25) is 0 Å². The zero-order valence-corrected chi connectivity index (χ0v) is 22.8. The molecule has 1 aromatic rings. The van der Waals surface area contributed by atoms with Crippen molar-refractivity contribution in [3.8, 4) is 0 Å². The number of hydrogen-bond acceptors (Lipinski definition) is 10. The van der Waals surface area contributed by atoms with Gasteiger partial charge in [0.2, 0.25) is 0 Å². The Bertz CT molecular complexity index is 894. The van der Waals surface area contributed by atoms with E-state index in [1.54, 1.807) is 10.9 Å². The van der Waals surface area contributed by atoms with Gasteiger partial charge >= 0.3 is 18.0 Å². The molecule has 1 saturated carbocycles. The van der Waals surface area contributed by atoms with E-state index < -0.39 is 36.7 Å². The van der Waals surface area contributed by atoms with Crippen molar-refractivity contribution in [3.05, 3.63) is 11.9 Å². The van der Waals surface area contributed by atoms with Crippen LogP contribution in [-0.4, -0.2) is 94.3 Å². The quantitative estimate of drug-likeness (QED) is 0.0753. The summed E-state index contributed by atoms with van der Waals surface area (Å²) >= 11 is 0.